The Morgan fingerprint density at radius 1 is 0.970 bits per heavy atom. The number of benzene rings is 2. The Kier molecular flexibility index (Phi) is 5.37. The fraction of sp³-hybridized carbons (Fsp3) is 0.250. The van der Waals surface area contributed by atoms with E-state index in [1.165, 1.54) is 12.1 Å². The number of piperazine rings is 1. The Morgan fingerprint density at radius 2 is 1.76 bits per heavy atom. The molecule has 0 aliphatic carbocycles. The number of hydrogen-bond donors (Lipinski definition) is 1. The monoisotopic (exact) mass is 449 g/mol. The molecule has 1 N–H and O–H groups in total. The SMILES string of the molecule is COc1ccc(NC(=O)N2CCN(c3nc4cc(F)ccc4n4cccc34)CC2)cc1OC. The van der Waals surface area contributed by atoms with Crippen molar-refractivity contribution in [3.63, 3.8) is 0 Å². The van der Waals surface area contributed by atoms with Crippen LogP contribution >= 0.6 is 0 Å². The van der Waals surface area contributed by atoms with E-state index in [9.17, 15) is 9.18 Å². The van der Waals surface area contributed by atoms with Crippen LogP contribution in [-0.4, -0.2) is 60.7 Å². The quantitative estimate of drug-likeness (QED) is 0.510. The van der Waals surface area contributed by atoms with Crippen molar-refractivity contribution in [2.24, 2.45) is 0 Å². The number of anilines is 2. The molecule has 0 spiro atoms. The molecule has 0 unspecified atom stereocenters. The van der Waals surface area contributed by atoms with Crippen LogP contribution < -0.4 is 19.7 Å². The third kappa shape index (κ3) is 3.86. The molecule has 0 radical (unpaired) electrons. The topological polar surface area (TPSA) is 71.3 Å². The highest BCUT2D eigenvalue weighted by atomic mass is 19.1. The van der Waals surface area contributed by atoms with E-state index in [4.69, 9.17) is 14.5 Å². The number of rotatable bonds is 4. The summed E-state index contributed by atoms with van der Waals surface area (Å²) in [5, 5.41) is 2.92. The molecular formula is C24H24FN5O3. The van der Waals surface area contributed by atoms with Crippen molar-refractivity contribution in [1.82, 2.24) is 14.3 Å². The van der Waals surface area contributed by atoms with Gasteiger partial charge in [-0.2, -0.15) is 0 Å². The Balaban J connectivity index is 1.31. The molecule has 5 rings (SSSR count). The summed E-state index contributed by atoms with van der Waals surface area (Å²) in [6.45, 7) is 2.31. The second-order valence-electron chi connectivity index (χ2n) is 7.81. The minimum Gasteiger partial charge on any atom is -0.493 e. The summed E-state index contributed by atoms with van der Waals surface area (Å²) in [6.07, 6.45) is 1.95. The molecule has 0 atom stereocenters. The van der Waals surface area contributed by atoms with Gasteiger partial charge >= 0.3 is 6.03 Å². The van der Waals surface area contributed by atoms with Crippen molar-refractivity contribution in [3.8, 4) is 11.5 Å². The van der Waals surface area contributed by atoms with Gasteiger partial charge in [0, 0.05) is 50.2 Å². The van der Waals surface area contributed by atoms with E-state index < -0.39 is 0 Å². The molecule has 1 aliphatic heterocycles. The van der Waals surface area contributed by atoms with Crippen LogP contribution in [0.2, 0.25) is 0 Å². The van der Waals surface area contributed by atoms with Gasteiger partial charge in [-0.15, -0.1) is 0 Å². The molecule has 1 fully saturated rings. The predicted molar refractivity (Wildman–Crippen MR) is 125 cm³/mol. The first-order chi connectivity index (χ1) is 16.1. The van der Waals surface area contributed by atoms with Gasteiger partial charge in [0.25, 0.3) is 0 Å². The summed E-state index contributed by atoms with van der Waals surface area (Å²) in [4.78, 5) is 21.5. The number of hydrogen-bond acceptors (Lipinski definition) is 5. The van der Waals surface area contributed by atoms with E-state index in [0.717, 1.165) is 16.9 Å². The minimum atomic E-state index is -0.316. The third-order valence-electron chi connectivity index (χ3n) is 5.90. The molecule has 0 saturated carbocycles. The Morgan fingerprint density at radius 3 is 2.52 bits per heavy atom. The fourth-order valence-corrected chi connectivity index (χ4v) is 4.20. The molecule has 4 aromatic rings. The number of nitrogens with one attached hydrogen (secondary N) is 1. The summed E-state index contributed by atoms with van der Waals surface area (Å²) in [7, 11) is 3.12. The maximum atomic E-state index is 13.8. The van der Waals surface area contributed by atoms with Crippen molar-refractivity contribution in [2.45, 2.75) is 0 Å². The highest BCUT2D eigenvalue weighted by Crippen LogP contribution is 2.30. The van der Waals surface area contributed by atoms with E-state index in [0.29, 0.717) is 48.9 Å². The molecule has 0 bridgehead atoms. The van der Waals surface area contributed by atoms with Gasteiger partial charge in [0.15, 0.2) is 17.3 Å². The zero-order chi connectivity index (χ0) is 22.9. The van der Waals surface area contributed by atoms with Crippen LogP contribution in [0.4, 0.5) is 20.7 Å². The molecule has 1 aliphatic rings. The average Bonchev–Trinajstić information content (AvgIpc) is 3.33. The minimum absolute atomic E-state index is 0.178. The van der Waals surface area contributed by atoms with Crippen LogP contribution in [-0.2, 0) is 0 Å². The molecule has 170 valence electrons. The van der Waals surface area contributed by atoms with E-state index in [1.807, 2.05) is 22.7 Å². The number of methoxy groups -OCH3 is 2. The van der Waals surface area contributed by atoms with E-state index >= 15 is 0 Å². The number of aromatic nitrogens is 2. The Hall–Kier alpha value is -4.01. The molecule has 8 nitrogen and oxygen atoms in total. The lowest BCUT2D eigenvalue weighted by Gasteiger charge is -2.35. The smallest absolute Gasteiger partial charge is 0.321 e. The molecule has 3 heterocycles. The fourth-order valence-electron chi connectivity index (χ4n) is 4.20. The van der Waals surface area contributed by atoms with Gasteiger partial charge in [0.2, 0.25) is 0 Å². The van der Waals surface area contributed by atoms with Crippen molar-refractivity contribution in [1.29, 1.82) is 0 Å². The highest BCUT2D eigenvalue weighted by Gasteiger charge is 2.24. The molecule has 2 aromatic heterocycles. The van der Waals surface area contributed by atoms with Crippen molar-refractivity contribution in [3.05, 3.63) is 60.5 Å². The number of ether oxygens (including phenoxy) is 2. The standard InChI is InChI=1S/C24H24FN5O3/c1-32-21-8-6-17(15-22(21)33-2)26-24(31)29-12-10-28(11-13-29)23-20-4-3-9-30(20)19-7-5-16(25)14-18(19)27-23/h3-9,14-15H,10-13H2,1-2H3,(H,26,31). The van der Waals surface area contributed by atoms with Crippen LogP contribution in [0.1, 0.15) is 0 Å². The Labute approximate surface area is 190 Å². The average molecular weight is 449 g/mol. The van der Waals surface area contributed by atoms with Gasteiger partial charge < -0.3 is 29.0 Å². The summed E-state index contributed by atoms with van der Waals surface area (Å²) in [6, 6.07) is 13.7. The van der Waals surface area contributed by atoms with E-state index in [2.05, 4.69) is 10.2 Å². The van der Waals surface area contributed by atoms with Gasteiger partial charge in [-0.1, -0.05) is 0 Å². The summed E-state index contributed by atoms with van der Waals surface area (Å²) in [5.74, 6) is 1.63. The molecule has 33 heavy (non-hydrogen) atoms. The highest BCUT2D eigenvalue weighted by molar-refractivity contribution is 5.90. The number of fused-ring (bicyclic) bond motifs is 3. The lowest BCUT2D eigenvalue weighted by molar-refractivity contribution is 0.208. The first kappa shape index (κ1) is 20.9. The number of carbonyl (C=O) groups is 1. The number of nitrogens with zero attached hydrogens (tertiary/aromatic N) is 4. The summed E-state index contributed by atoms with van der Waals surface area (Å²) < 4.78 is 26.4. The lowest BCUT2D eigenvalue weighted by atomic mass is 10.2. The second kappa shape index (κ2) is 8.50. The summed E-state index contributed by atoms with van der Waals surface area (Å²) in [5.41, 5.74) is 3.04. The first-order valence-corrected chi connectivity index (χ1v) is 10.7. The normalized spacial score (nSPS) is 14.0. The number of carbonyl (C=O) groups excluding carboxylic acids is 1. The maximum Gasteiger partial charge on any atom is 0.321 e. The Bertz CT molecular complexity index is 1330. The molecule has 1 saturated heterocycles. The molecule has 9 heteroatoms. The second-order valence-corrected chi connectivity index (χ2v) is 7.81. The molecular weight excluding hydrogens is 425 g/mol. The van der Waals surface area contributed by atoms with Gasteiger partial charge in [-0.05, 0) is 36.4 Å². The van der Waals surface area contributed by atoms with Gasteiger partial charge in [-0.3, -0.25) is 0 Å². The van der Waals surface area contributed by atoms with Crippen molar-refractivity contribution >= 4 is 34.1 Å². The van der Waals surface area contributed by atoms with Crippen LogP contribution in [0, 0.1) is 5.82 Å². The van der Waals surface area contributed by atoms with Crippen molar-refractivity contribution < 1.29 is 18.7 Å². The van der Waals surface area contributed by atoms with Crippen LogP contribution in [0.3, 0.4) is 0 Å². The lowest BCUT2D eigenvalue weighted by Crippen LogP contribution is -2.50. The predicted octanol–water partition coefficient (Wildman–Crippen LogP) is 4.00. The number of halogens is 1. The number of urea groups is 1. The van der Waals surface area contributed by atoms with Gasteiger partial charge in [0.05, 0.1) is 30.8 Å². The number of amides is 2. The molecule has 2 amide bonds. The zero-order valence-electron chi connectivity index (χ0n) is 18.4. The van der Waals surface area contributed by atoms with E-state index in [-0.39, 0.29) is 11.8 Å². The van der Waals surface area contributed by atoms with Crippen LogP contribution in [0.25, 0.3) is 16.6 Å². The third-order valence-corrected chi connectivity index (χ3v) is 5.90. The van der Waals surface area contributed by atoms with E-state index in [1.54, 1.807) is 43.4 Å². The van der Waals surface area contributed by atoms with Crippen LogP contribution in [0.15, 0.2) is 54.7 Å². The van der Waals surface area contributed by atoms with Crippen molar-refractivity contribution in [2.75, 3.05) is 50.6 Å². The van der Waals surface area contributed by atoms with Gasteiger partial charge in [-0.25, -0.2) is 14.2 Å². The maximum absolute atomic E-state index is 13.8. The van der Waals surface area contributed by atoms with Gasteiger partial charge in [0.1, 0.15) is 5.82 Å². The zero-order valence-corrected chi connectivity index (χ0v) is 18.4. The molecule has 2 aromatic carbocycles. The first-order valence-electron chi connectivity index (χ1n) is 10.7. The summed E-state index contributed by atoms with van der Waals surface area (Å²) >= 11 is 0. The van der Waals surface area contributed by atoms with Crippen LogP contribution in [0.5, 0.6) is 11.5 Å². The largest absolute Gasteiger partial charge is 0.493 e.